The van der Waals surface area contributed by atoms with Crippen LogP contribution in [0.2, 0.25) is 0 Å². The monoisotopic (exact) mass is 151 g/mol. The first-order valence-electron chi connectivity index (χ1n) is 3.74. The van der Waals surface area contributed by atoms with Crippen LogP contribution in [0.25, 0.3) is 6.20 Å². The molecule has 11 heavy (non-hydrogen) atoms. The molecule has 2 nitrogen and oxygen atoms in total. The summed E-state index contributed by atoms with van der Waals surface area (Å²) in [5.41, 5.74) is 1.14. The van der Waals surface area contributed by atoms with E-state index in [0.717, 1.165) is 12.3 Å². The fourth-order valence-electron chi connectivity index (χ4n) is 0.936. The molecule has 1 aromatic heterocycles. The van der Waals surface area contributed by atoms with E-state index in [1.807, 2.05) is 29.8 Å². The van der Waals surface area contributed by atoms with Gasteiger partial charge in [-0.2, -0.15) is 0 Å². The summed E-state index contributed by atoms with van der Waals surface area (Å²) in [4.78, 5) is 0. The Labute approximate surface area is 67.1 Å². The molecule has 0 aliphatic carbocycles. The van der Waals surface area contributed by atoms with Gasteiger partial charge in [-0.3, -0.25) is 0 Å². The van der Waals surface area contributed by atoms with Crippen molar-refractivity contribution in [3.8, 4) is 0 Å². The molecule has 0 unspecified atom stereocenters. The molecule has 0 atom stereocenters. The topological polar surface area (TPSA) is 14.2 Å². The Morgan fingerprint density at radius 2 is 2.55 bits per heavy atom. The predicted octanol–water partition coefficient (Wildman–Crippen LogP) is 2.13. The third-order valence-corrected chi connectivity index (χ3v) is 1.52. The van der Waals surface area contributed by atoms with Crippen LogP contribution in [0.4, 0.5) is 0 Å². The largest absolute Gasteiger partial charge is 0.376 e. The molecule has 0 saturated heterocycles. The lowest BCUT2D eigenvalue weighted by molar-refractivity contribution is 0.130. The first-order chi connectivity index (χ1) is 5.38. The molecule has 2 heteroatoms. The molecule has 0 bridgehead atoms. The maximum absolute atomic E-state index is 5.25. The number of nitrogens with zero attached hydrogens (tertiary/aromatic N) is 1. The Kier molecular flexibility index (Phi) is 2.93. The van der Waals surface area contributed by atoms with Gasteiger partial charge < -0.3 is 9.30 Å². The molecule has 1 heterocycles. The second-order valence-electron chi connectivity index (χ2n) is 2.23. The summed E-state index contributed by atoms with van der Waals surface area (Å²) in [6, 6.07) is 4.01. The van der Waals surface area contributed by atoms with Crippen LogP contribution in [0.15, 0.2) is 24.9 Å². The van der Waals surface area contributed by atoms with Crippen LogP contribution < -0.4 is 0 Å². The van der Waals surface area contributed by atoms with E-state index >= 15 is 0 Å². The number of ether oxygens (including phenoxy) is 1. The van der Waals surface area contributed by atoms with Gasteiger partial charge in [0.15, 0.2) is 0 Å². The lowest BCUT2D eigenvalue weighted by Gasteiger charge is -2.02. The van der Waals surface area contributed by atoms with Crippen LogP contribution in [0, 0.1) is 0 Å². The number of aromatic nitrogens is 1. The van der Waals surface area contributed by atoms with E-state index in [4.69, 9.17) is 4.74 Å². The minimum absolute atomic E-state index is 0.662. The smallest absolute Gasteiger partial charge is 0.0871 e. The van der Waals surface area contributed by atoms with E-state index < -0.39 is 0 Å². The standard InChI is InChI=1S/C9H13NO/c1-3-10-7-5-6-9(10)8-11-4-2/h3,5-7H,1,4,8H2,2H3. The highest BCUT2D eigenvalue weighted by Gasteiger charge is 1.95. The Morgan fingerprint density at radius 3 is 3.18 bits per heavy atom. The molecule has 0 radical (unpaired) electrons. The summed E-state index contributed by atoms with van der Waals surface area (Å²) in [6.07, 6.45) is 3.73. The van der Waals surface area contributed by atoms with Crippen molar-refractivity contribution in [2.24, 2.45) is 0 Å². The maximum atomic E-state index is 5.25. The van der Waals surface area contributed by atoms with Gasteiger partial charge in [0.1, 0.15) is 0 Å². The van der Waals surface area contributed by atoms with Crippen molar-refractivity contribution < 1.29 is 4.74 Å². The van der Waals surface area contributed by atoms with Gasteiger partial charge in [-0.15, -0.1) is 0 Å². The lowest BCUT2D eigenvalue weighted by Crippen LogP contribution is -1.96. The molecule has 0 aliphatic rings. The fraction of sp³-hybridized carbons (Fsp3) is 0.333. The quantitative estimate of drug-likeness (QED) is 0.643. The van der Waals surface area contributed by atoms with Crippen LogP contribution in [0.1, 0.15) is 12.6 Å². The average molecular weight is 151 g/mol. The predicted molar refractivity (Wildman–Crippen MR) is 46.1 cm³/mol. The number of rotatable bonds is 4. The van der Waals surface area contributed by atoms with Gasteiger partial charge >= 0.3 is 0 Å². The summed E-state index contributed by atoms with van der Waals surface area (Å²) in [5.74, 6) is 0. The van der Waals surface area contributed by atoms with Gasteiger partial charge in [-0.25, -0.2) is 0 Å². The van der Waals surface area contributed by atoms with E-state index in [-0.39, 0.29) is 0 Å². The highest BCUT2D eigenvalue weighted by atomic mass is 16.5. The molecule has 1 rings (SSSR count). The van der Waals surface area contributed by atoms with Crippen LogP contribution in [-0.4, -0.2) is 11.2 Å². The Balaban J connectivity index is 2.61. The fourth-order valence-corrected chi connectivity index (χ4v) is 0.936. The van der Waals surface area contributed by atoms with E-state index in [0.29, 0.717) is 6.61 Å². The molecule has 0 saturated carbocycles. The van der Waals surface area contributed by atoms with Crippen molar-refractivity contribution in [1.82, 2.24) is 4.57 Å². The molecule has 0 amide bonds. The van der Waals surface area contributed by atoms with Gasteiger partial charge in [-0.05, 0) is 19.1 Å². The van der Waals surface area contributed by atoms with Crippen LogP contribution in [0.3, 0.4) is 0 Å². The normalized spacial score (nSPS) is 9.91. The first kappa shape index (κ1) is 8.08. The zero-order chi connectivity index (χ0) is 8.10. The van der Waals surface area contributed by atoms with Crippen molar-refractivity contribution >= 4 is 6.20 Å². The molecule has 60 valence electrons. The van der Waals surface area contributed by atoms with Crippen molar-refractivity contribution in [1.29, 1.82) is 0 Å². The molecule has 0 N–H and O–H groups in total. The summed E-state index contributed by atoms with van der Waals surface area (Å²) in [7, 11) is 0. The molecule has 0 spiro atoms. The van der Waals surface area contributed by atoms with Crippen molar-refractivity contribution in [3.63, 3.8) is 0 Å². The molecule has 0 aliphatic heterocycles. The lowest BCUT2D eigenvalue weighted by atomic mass is 10.4. The first-order valence-corrected chi connectivity index (χ1v) is 3.74. The van der Waals surface area contributed by atoms with Crippen molar-refractivity contribution in [2.75, 3.05) is 6.61 Å². The second-order valence-corrected chi connectivity index (χ2v) is 2.23. The summed E-state index contributed by atoms with van der Waals surface area (Å²) in [5, 5.41) is 0. The molecule has 1 aromatic rings. The van der Waals surface area contributed by atoms with Crippen molar-refractivity contribution in [3.05, 3.63) is 30.6 Å². The van der Waals surface area contributed by atoms with Crippen LogP contribution in [-0.2, 0) is 11.3 Å². The SMILES string of the molecule is C=Cn1cccc1COCC. The maximum Gasteiger partial charge on any atom is 0.0871 e. The zero-order valence-corrected chi connectivity index (χ0v) is 6.79. The summed E-state index contributed by atoms with van der Waals surface area (Å²) >= 11 is 0. The molecular weight excluding hydrogens is 138 g/mol. The van der Waals surface area contributed by atoms with Crippen LogP contribution in [0.5, 0.6) is 0 Å². The summed E-state index contributed by atoms with van der Waals surface area (Å²) < 4.78 is 7.21. The molecule has 0 fully saturated rings. The number of hydrogen-bond donors (Lipinski definition) is 0. The zero-order valence-electron chi connectivity index (χ0n) is 6.79. The second kappa shape index (κ2) is 3.98. The van der Waals surface area contributed by atoms with Gasteiger partial charge in [0.25, 0.3) is 0 Å². The van der Waals surface area contributed by atoms with E-state index in [2.05, 4.69) is 6.58 Å². The third kappa shape index (κ3) is 1.95. The Morgan fingerprint density at radius 1 is 1.73 bits per heavy atom. The third-order valence-electron chi connectivity index (χ3n) is 1.52. The van der Waals surface area contributed by atoms with Crippen LogP contribution >= 0.6 is 0 Å². The van der Waals surface area contributed by atoms with E-state index in [9.17, 15) is 0 Å². The highest BCUT2D eigenvalue weighted by Crippen LogP contribution is 2.03. The molecular formula is C9H13NO. The Bertz CT molecular complexity index is 227. The van der Waals surface area contributed by atoms with E-state index in [1.54, 1.807) is 6.20 Å². The summed E-state index contributed by atoms with van der Waals surface area (Å²) in [6.45, 7) is 7.08. The Hall–Kier alpha value is -1.02. The minimum atomic E-state index is 0.662. The van der Waals surface area contributed by atoms with Gasteiger partial charge in [0, 0.05) is 24.7 Å². The van der Waals surface area contributed by atoms with Crippen molar-refractivity contribution in [2.45, 2.75) is 13.5 Å². The van der Waals surface area contributed by atoms with Gasteiger partial charge in [0.05, 0.1) is 6.61 Å². The highest BCUT2D eigenvalue weighted by molar-refractivity contribution is 5.24. The minimum Gasteiger partial charge on any atom is -0.376 e. The average Bonchev–Trinajstić information content (AvgIpc) is 2.47. The van der Waals surface area contributed by atoms with Gasteiger partial charge in [0.2, 0.25) is 0 Å². The number of hydrogen-bond acceptors (Lipinski definition) is 1. The molecule has 0 aromatic carbocycles. The van der Waals surface area contributed by atoms with E-state index in [1.165, 1.54) is 0 Å². The van der Waals surface area contributed by atoms with Gasteiger partial charge in [-0.1, -0.05) is 6.58 Å².